The third-order valence-electron chi connectivity index (χ3n) is 3.43. The lowest BCUT2D eigenvalue weighted by atomic mass is 10.1. The smallest absolute Gasteiger partial charge is 0.394 e. The van der Waals surface area contributed by atoms with E-state index >= 15 is 0 Å². The van der Waals surface area contributed by atoms with Gasteiger partial charge in [-0.25, -0.2) is 0 Å². The van der Waals surface area contributed by atoms with Crippen molar-refractivity contribution in [3.8, 4) is 0 Å². The molecule has 1 fully saturated rings. The van der Waals surface area contributed by atoms with Crippen molar-refractivity contribution in [1.29, 1.82) is 0 Å². The molecule has 0 radical (unpaired) electrons. The van der Waals surface area contributed by atoms with Crippen molar-refractivity contribution >= 4 is 0 Å². The number of aliphatic hydroxyl groups is 1. The Morgan fingerprint density at radius 2 is 1.88 bits per heavy atom. The van der Waals surface area contributed by atoms with Gasteiger partial charge in [0.25, 0.3) is 0 Å². The standard InChI is InChI=1S/C11H21F3N2O/c12-11(13,14)9(7-15)8-16(5-6-17)10-3-1-2-4-10/h9-10,17H,1-8,15H2. The highest BCUT2D eigenvalue weighted by Gasteiger charge is 2.40. The zero-order valence-corrected chi connectivity index (χ0v) is 9.92. The first kappa shape index (κ1) is 14.7. The van der Waals surface area contributed by atoms with Gasteiger partial charge < -0.3 is 10.8 Å². The summed E-state index contributed by atoms with van der Waals surface area (Å²) in [5.41, 5.74) is 5.19. The van der Waals surface area contributed by atoms with Gasteiger partial charge in [0.05, 0.1) is 12.5 Å². The lowest BCUT2D eigenvalue weighted by Crippen LogP contribution is -2.45. The Morgan fingerprint density at radius 3 is 2.29 bits per heavy atom. The largest absolute Gasteiger partial charge is 0.395 e. The van der Waals surface area contributed by atoms with E-state index < -0.39 is 18.6 Å². The third-order valence-corrected chi connectivity index (χ3v) is 3.43. The second-order valence-corrected chi connectivity index (χ2v) is 4.63. The summed E-state index contributed by atoms with van der Waals surface area (Å²) in [5.74, 6) is -1.49. The van der Waals surface area contributed by atoms with Crippen molar-refractivity contribution in [2.75, 3.05) is 26.2 Å². The van der Waals surface area contributed by atoms with E-state index in [0.29, 0.717) is 6.54 Å². The van der Waals surface area contributed by atoms with E-state index in [2.05, 4.69) is 0 Å². The monoisotopic (exact) mass is 254 g/mol. The number of nitrogens with two attached hydrogens (primary N) is 1. The second kappa shape index (κ2) is 6.56. The minimum Gasteiger partial charge on any atom is -0.395 e. The molecule has 1 saturated carbocycles. The molecule has 0 spiro atoms. The zero-order chi connectivity index (χ0) is 12.9. The number of aliphatic hydroxyl groups excluding tert-OH is 1. The Balaban J connectivity index is 2.57. The molecule has 3 N–H and O–H groups in total. The van der Waals surface area contributed by atoms with E-state index in [1.54, 1.807) is 4.90 Å². The average molecular weight is 254 g/mol. The number of hydrogen-bond acceptors (Lipinski definition) is 3. The Labute approximate surface area is 99.8 Å². The Kier molecular flexibility index (Phi) is 5.69. The van der Waals surface area contributed by atoms with Crippen LogP contribution in [0.5, 0.6) is 0 Å². The molecule has 0 amide bonds. The van der Waals surface area contributed by atoms with Crippen molar-refractivity contribution < 1.29 is 18.3 Å². The van der Waals surface area contributed by atoms with E-state index in [4.69, 9.17) is 10.8 Å². The number of halogens is 3. The quantitative estimate of drug-likeness (QED) is 0.752. The maximum Gasteiger partial charge on any atom is 0.394 e. The van der Waals surface area contributed by atoms with Gasteiger partial charge in [-0.05, 0) is 12.8 Å². The van der Waals surface area contributed by atoms with Crippen LogP contribution in [0.1, 0.15) is 25.7 Å². The number of hydrogen-bond donors (Lipinski definition) is 2. The average Bonchev–Trinajstić information content (AvgIpc) is 2.75. The van der Waals surface area contributed by atoms with Crippen molar-refractivity contribution in [2.45, 2.75) is 37.9 Å². The van der Waals surface area contributed by atoms with E-state index in [0.717, 1.165) is 25.7 Å². The van der Waals surface area contributed by atoms with Gasteiger partial charge in [-0.2, -0.15) is 13.2 Å². The van der Waals surface area contributed by atoms with Crippen LogP contribution in [0.25, 0.3) is 0 Å². The van der Waals surface area contributed by atoms with E-state index in [1.165, 1.54) is 0 Å². The molecule has 0 aromatic rings. The molecule has 6 heteroatoms. The summed E-state index contributed by atoms with van der Waals surface area (Å²) in [7, 11) is 0. The highest BCUT2D eigenvalue weighted by molar-refractivity contribution is 4.81. The van der Waals surface area contributed by atoms with Crippen LogP contribution in [0.15, 0.2) is 0 Å². The molecule has 17 heavy (non-hydrogen) atoms. The molecule has 3 nitrogen and oxygen atoms in total. The molecule has 102 valence electrons. The SMILES string of the molecule is NCC(CN(CCO)C1CCCC1)C(F)(F)F. The molecular weight excluding hydrogens is 233 g/mol. The normalized spacial score (nSPS) is 20.1. The van der Waals surface area contributed by atoms with E-state index in [1.807, 2.05) is 0 Å². The fourth-order valence-corrected chi connectivity index (χ4v) is 2.42. The van der Waals surface area contributed by atoms with Gasteiger partial charge in [-0.3, -0.25) is 4.90 Å². The van der Waals surface area contributed by atoms with Crippen molar-refractivity contribution in [1.82, 2.24) is 4.90 Å². The summed E-state index contributed by atoms with van der Waals surface area (Å²) in [6.45, 7) is -0.285. The first-order chi connectivity index (χ1) is 7.99. The summed E-state index contributed by atoms with van der Waals surface area (Å²) in [6.07, 6.45) is -0.275. The Hall–Kier alpha value is -0.330. The second-order valence-electron chi connectivity index (χ2n) is 4.63. The Morgan fingerprint density at radius 1 is 1.29 bits per heavy atom. The van der Waals surface area contributed by atoms with Crippen molar-refractivity contribution in [2.24, 2.45) is 11.7 Å². The van der Waals surface area contributed by atoms with Crippen LogP contribution in [0.2, 0.25) is 0 Å². The van der Waals surface area contributed by atoms with Crippen LogP contribution in [0.4, 0.5) is 13.2 Å². The van der Waals surface area contributed by atoms with Gasteiger partial charge in [-0.1, -0.05) is 12.8 Å². The van der Waals surface area contributed by atoms with Gasteiger partial charge >= 0.3 is 6.18 Å². The summed E-state index contributed by atoms with van der Waals surface area (Å²) in [4.78, 5) is 1.75. The van der Waals surface area contributed by atoms with Crippen LogP contribution in [-0.4, -0.2) is 48.5 Å². The molecule has 0 aromatic carbocycles. The van der Waals surface area contributed by atoms with Gasteiger partial charge in [0.2, 0.25) is 0 Å². The summed E-state index contributed by atoms with van der Waals surface area (Å²) in [5, 5.41) is 8.93. The highest BCUT2D eigenvalue weighted by Crippen LogP contribution is 2.29. The number of nitrogens with zero attached hydrogens (tertiary/aromatic N) is 1. The first-order valence-corrected chi connectivity index (χ1v) is 6.10. The molecular formula is C11H21F3N2O. The van der Waals surface area contributed by atoms with Crippen LogP contribution in [0, 0.1) is 5.92 Å². The Bertz CT molecular complexity index is 217. The maximum atomic E-state index is 12.6. The predicted octanol–water partition coefficient (Wildman–Crippen LogP) is 1.36. The molecule has 1 aliphatic rings. The fourth-order valence-electron chi connectivity index (χ4n) is 2.42. The molecule has 0 saturated heterocycles. The van der Waals surface area contributed by atoms with Gasteiger partial charge in [-0.15, -0.1) is 0 Å². The number of alkyl halides is 3. The maximum absolute atomic E-state index is 12.6. The van der Waals surface area contributed by atoms with Gasteiger partial charge in [0.1, 0.15) is 0 Å². The molecule has 1 aliphatic carbocycles. The topological polar surface area (TPSA) is 49.5 Å². The van der Waals surface area contributed by atoms with Crippen LogP contribution in [0.3, 0.4) is 0 Å². The van der Waals surface area contributed by atoms with E-state index in [9.17, 15) is 13.2 Å². The van der Waals surface area contributed by atoms with Crippen LogP contribution in [-0.2, 0) is 0 Å². The number of rotatable bonds is 6. The van der Waals surface area contributed by atoms with Crippen molar-refractivity contribution in [3.05, 3.63) is 0 Å². The molecule has 0 bridgehead atoms. The van der Waals surface area contributed by atoms with E-state index in [-0.39, 0.29) is 19.2 Å². The lowest BCUT2D eigenvalue weighted by molar-refractivity contribution is -0.177. The van der Waals surface area contributed by atoms with Crippen LogP contribution < -0.4 is 5.73 Å². The zero-order valence-electron chi connectivity index (χ0n) is 9.92. The van der Waals surface area contributed by atoms with Gasteiger partial charge in [0.15, 0.2) is 0 Å². The predicted molar refractivity (Wildman–Crippen MR) is 59.5 cm³/mol. The third kappa shape index (κ3) is 4.44. The van der Waals surface area contributed by atoms with Gasteiger partial charge in [0, 0.05) is 25.7 Å². The van der Waals surface area contributed by atoms with Crippen LogP contribution >= 0.6 is 0 Å². The molecule has 1 unspecified atom stereocenters. The summed E-state index contributed by atoms with van der Waals surface area (Å²) < 4.78 is 37.9. The molecule has 0 aromatic heterocycles. The van der Waals surface area contributed by atoms with Crippen molar-refractivity contribution in [3.63, 3.8) is 0 Å². The summed E-state index contributed by atoms with van der Waals surface area (Å²) in [6, 6.07) is 0.179. The minimum absolute atomic E-state index is 0.0920. The molecule has 0 heterocycles. The first-order valence-electron chi connectivity index (χ1n) is 6.10. The lowest BCUT2D eigenvalue weighted by Gasteiger charge is -2.32. The summed E-state index contributed by atoms with van der Waals surface area (Å²) >= 11 is 0. The minimum atomic E-state index is -4.25. The molecule has 1 rings (SSSR count). The molecule has 1 atom stereocenters. The fraction of sp³-hybridized carbons (Fsp3) is 1.00. The molecule has 0 aliphatic heterocycles. The highest BCUT2D eigenvalue weighted by atomic mass is 19.4.